The fourth-order valence-electron chi connectivity index (χ4n) is 2.67. The minimum absolute atomic E-state index is 0.117. The molecule has 7 heteroatoms. The molecule has 2 rings (SSSR count). The van der Waals surface area contributed by atoms with Crippen molar-refractivity contribution in [2.24, 2.45) is 0 Å². The molecule has 27 heavy (non-hydrogen) atoms. The average Bonchev–Trinajstić information content (AvgIpc) is 2.56. The zero-order valence-electron chi connectivity index (χ0n) is 16.5. The molecule has 2 aromatic rings. The van der Waals surface area contributed by atoms with E-state index in [1.807, 2.05) is 39.8 Å². The van der Waals surface area contributed by atoms with Gasteiger partial charge in [0.2, 0.25) is 0 Å². The molecule has 1 aromatic carbocycles. The Morgan fingerprint density at radius 3 is 2.67 bits per heavy atom. The third-order valence-electron chi connectivity index (χ3n) is 4.01. The lowest BCUT2D eigenvalue weighted by Gasteiger charge is -2.23. The number of hydrogen-bond donors (Lipinski definition) is 1. The number of aromatic nitrogens is 2. The number of nitrogens with zero attached hydrogens (tertiary/aromatic N) is 2. The van der Waals surface area contributed by atoms with Crippen molar-refractivity contribution in [2.45, 2.75) is 65.6 Å². The summed E-state index contributed by atoms with van der Waals surface area (Å²) in [5.74, 6) is -0.801. The van der Waals surface area contributed by atoms with Gasteiger partial charge in [0.15, 0.2) is 6.10 Å². The quantitative estimate of drug-likeness (QED) is 0.785. The molecule has 1 aromatic heterocycles. The van der Waals surface area contributed by atoms with Gasteiger partial charge in [0, 0.05) is 18.5 Å². The fourth-order valence-corrected chi connectivity index (χ4v) is 2.67. The Hall–Kier alpha value is -2.70. The van der Waals surface area contributed by atoms with Gasteiger partial charge in [-0.2, -0.15) is 0 Å². The van der Waals surface area contributed by atoms with E-state index >= 15 is 0 Å². The Morgan fingerprint density at radius 1 is 1.30 bits per heavy atom. The van der Waals surface area contributed by atoms with Crippen LogP contribution < -0.4 is 10.9 Å². The van der Waals surface area contributed by atoms with Crippen LogP contribution in [0.25, 0.3) is 10.9 Å². The Balaban J connectivity index is 1.90. The second-order valence-electron chi connectivity index (χ2n) is 7.69. The summed E-state index contributed by atoms with van der Waals surface area (Å²) in [6.07, 6.45) is 1.18. The van der Waals surface area contributed by atoms with Crippen LogP contribution in [-0.4, -0.2) is 33.1 Å². The van der Waals surface area contributed by atoms with Crippen LogP contribution >= 0.6 is 0 Å². The van der Waals surface area contributed by atoms with Crippen LogP contribution in [0, 0.1) is 6.92 Å². The maximum absolute atomic E-state index is 12.5. The fraction of sp³-hybridized carbons (Fsp3) is 0.500. The number of fused-ring (bicyclic) bond motifs is 1. The van der Waals surface area contributed by atoms with E-state index in [0.29, 0.717) is 23.9 Å². The molecule has 0 aliphatic carbocycles. The van der Waals surface area contributed by atoms with E-state index in [1.165, 1.54) is 10.9 Å². The largest absolute Gasteiger partial charge is 0.453 e. The standard InChI is InChI=1S/C20H27N3O4/c1-13-8-6-9-15-17(13)21-12-23(19(15)26)11-7-10-16(24)27-14(2)18(25)22-20(3,4)5/h6,8-9,12,14H,7,10-11H2,1-5H3,(H,22,25)/t14-/m1/s1. The molecule has 0 radical (unpaired) electrons. The van der Waals surface area contributed by atoms with E-state index in [-0.39, 0.29) is 23.4 Å². The lowest BCUT2D eigenvalue weighted by molar-refractivity contribution is -0.155. The highest BCUT2D eigenvalue weighted by molar-refractivity contribution is 5.84. The third kappa shape index (κ3) is 5.64. The predicted octanol–water partition coefficient (Wildman–Crippen LogP) is 2.33. The number of esters is 1. The van der Waals surface area contributed by atoms with Crippen molar-refractivity contribution in [2.75, 3.05) is 0 Å². The summed E-state index contributed by atoms with van der Waals surface area (Å²) in [6, 6.07) is 5.48. The summed E-state index contributed by atoms with van der Waals surface area (Å²) in [6.45, 7) is 9.38. The molecule has 0 spiro atoms. The van der Waals surface area contributed by atoms with Gasteiger partial charge >= 0.3 is 5.97 Å². The molecule has 0 fully saturated rings. The van der Waals surface area contributed by atoms with Gasteiger partial charge in [-0.05, 0) is 52.7 Å². The van der Waals surface area contributed by atoms with Crippen LogP contribution in [0.15, 0.2) is 29.3 Å². The van der Waals surface area contributed by atoms with Crippen LogP contribution in [-0.2, 0) is 20.9 Å². The second kappa shape index (κ2) is 8.33. The number of para-hydroxylation sites is 1. The van der Waals surface area contributed by atoms with Gasteiger partial charge in [0.05, 0.1) is 17.2 Å². The van der Waals surface area contributed by atoms with E-state index in [9.17, 15) is 14.4 Å². The lowest BCUT2D eigenvalue weighted by atomic mass is 10.1. The summed E-state index contributed by atoms with van der Waals surface area (Å²) in [5.41, 5.74) is 1.12. The number of benzene rings is 1. The number of amides is 1. The highest BCUT2D eigenvalue weighted by Crippen LogP contribution is 2.11. The third-order valence-corrected chi connectivity index (χ3v) is 4.01. The van der Waals surface area contributed by atoms with E-state index in [2.05, 4.69) is 10.3 Å². The topological polar surface area (TPSA) is 90.3 Å². The van der Waals surface area contributed by atoms with Gasteiger partial charge < -0.3 is 10.1 Å². The number of carbonyl (C=O) groups is 2. The monoisotopic (exact) mass is 373 g/mol. The normalized spacial score (nSPS) is 12.6. The number of hydrogen-bond acceptors (Lipinski definition) is 5. The van der Waals surface area contributed by atoms with Crippen LogP contribution in [0.1, 0.15) is 46.1 Å². The van der Waals surface area contributed by atoms with Gasteiger partial charge in [-0.1, -0.05) is 12.1 Å². The zero-order chi connectivity index (χ0) is 20.2. The molecule has 1 N–H and O–H groups in total. The highest BCUT2D eigenvalue weighted by atomic mass is 16.5. The Bertz CT molecular complexity index is 896. The van der Waals surface area contributed by atoms with Crippen molar-refractivity contribution >= 4 is 22.8 Å². The van der Waals surface area contributed by atoms with Gasteiger partial charge in [0.1, 0.15) is 0 Å². The van der Waals surface area contributed by atoms with E-state index in [0.717, 1.165) is 5.56 Å². The van der Waals surface area contributed by atoms with Crippen LogP contribution in [0.5, 0.6) is 0 Å². The van der Waals surface area contributed by atoms with Gasteiger partial charge in [0.25, 0.3) is 11.5 Å². The molecule has 146 valence electrons. The van der Waals surface area contributed by atoms with E-state index < -0.39 is 12.1 Å². The highest BCUT2D eigenvalue weighted by Gasteiger charge is 2.22. The molecule has 1 atom stereocenters. The summed E-state index contributed by atoms with van der Waals surface area (Å²) in [4.78, 5) is 40.7. The first-order chi connectivity index (χ1) is 12.6. The molecule has 1 amide bonds. The molecular weight excluding hydrogens is 346 g/mol. The van der Waals surface area contributed by atoms with E-state index in [4.69, 9.17) is 4.74 Å². The number of carbonyl (C=O) groups excluding carboxylic acids is 2. The van der Waals surface area contributed by atoms with Gasteiger partial charge in [-0.15, -0.1) is 0 Å². The SMILES string of the molecule is Cc1cccc2c(=O)n(CCCC(=O)O[C@H](C)C(=O)NC(C)(C)C)cnc12. The van der Waals surface area contributed by atoms with Gasteiger partial charge in [-0.3, -0.25) is 19.0 Å². The molecule has 0 aliphatic heterocycles. The molecule has 0 bridgehead atoms. The number of ether oxygens (including phenoxy) is 1. The van der Waals surface area contributed by atoms with Crippen molar-refractivity contribution in [3.8, 4) is 0 Å². The molecule has 0 saturated heterocycles. The van der Waals surface area contributed by atoms with Crippen LogP contribution in [0.4, 0.5) is 0 Å². The first kappa shape index (κ1) is 20.6. The lowest BCUT2D eigenvalue weighted by Crippen LogP contribution is -2.46. The molecular formula is C20H27N3O4. The van der Waals surface area contributed by atoms with E-state index in [1.54, 1.807) is 13.0 Å². The molecule has 0 unspecified atom stereocenters. The molecule has 0 saturated carbocycles. The van der Waals surface area contributed by atoms with Crippen LogP contribution in [0.2, 0.25) is 0 Å². The minimum Gasteiger partial charge on any atom is -0.453 e. The first-order valence-electron chi connectivity index (χ1n) is 9.05. The van der Waals surface area contributed by atoms with Crippen molar-refractivity contribution < 1.29 is 14.3 Å². The summed E-state index contributed by atoms with van der Waals surface area (Å²) >= 11 is 0. The zero-order valence-corrected chi connectivity index (χ0v) is 16.5. The van der Waals surface area contributed by atoms with Crippen molar-refractivity contribution in [1.29, 1.82) is 0 Å². The Labute approximate surface area is 158 Å². The van der Waals surface area contributed by atoms with Crippen molar-refractivity contribution in [3.05, 3.63) is 40.4 Å². The summed E-state index contributed by atoms with van der Waals surface area (Å²) in [5, 5.41) is 3.33. The van der Waals surface area contributed by atoms with Crippen molar-refractivity contribution in [1.82, 2.24) is 14.9 Å². The first-order valence-corrected chi connectivity index (χ1v) is 9.05. The van der Waals surface area contributed by atoms with Crippen molar-refractivity contribution in [3.63, 3.8) is 0 Å². The molecule has 0 aliphatic rings. The Morgan fingerprint density at radius 2 is 2.00 bits per heavy atom. The smallest absolute Gasteiger partial charge is 0.306 e. The van der Waals surface area contributed by atoms with Gasteiger partial charge in [-0.25, -0.2) is 4.98 Å². The maximum atomic E-state index is 12.5. The maximum Gasteiger partial charge on any atom is 0.306 e. The predicted molar refractivity (Wildman–Crippen MR) is 103 cm³/mol. The van der Waals surface area contributed by atoms with Crippen LogP contribution in [0.3, 0.4) is 0 Å². The summed E-state index contributed by atoms with van der Waals surface area (Å²) < 4.78 is 6.65. The summed E-state index contributed by atoms with van der Waals surface area (Å²) in [7, 11) is 0. The molecule has 1 heterocycles. The Kier molecular flexibility index (Phi) is 6.36. The number of rotatable bonds is 6. The molecule has 7 nitrogen and oxygen atoms in total. The average molecular weight is 373 g/mol. The number of aryl methyl sites for hydroxylation is 2. The second-order valence-corrected chi connectivity index (χ2v) is 7.69. The minimum atomic E-state index is -0.857. The number of nitrogens with one attached hydrogen (secondary N) is 1.